The zero-order valence-electron chi connectivity index (χ0n) is 12.3. The van der Waals surface area contributed by atoms with Gasteiger partial charge in [-0.1, -0.05) is 26.8 Å². The summed E-state index contributed by atoms with van der Waals surface area (Å²) in [6.07, 6.45) is 1.27. The van der Waals surface area contributed by atoms with Gasteiger partial charge in [-0.25, -0.2) is 0 Å². The summed E-state index contributed by atoms with van der Waals surface area (Å²) in [5.41, 5.74) is 6.48. The van der Waals surface area contributed by atoms with Crippen LogP contribution in [0.15, 0.2) is 12.1 Å². The van der Waals surface area contributed by atoms with E-state index in [1.807, 2.05) is 0 Å². The van der Waals surface area contributed by atoms with Gasteiger partial charge >= 0.3 is 0 Å². The molecule has 1 heterocycles. The van der Waals surface area contributed by atoms with E-state index in [9.17, 15) is 0 Å². The molecule has 0 spiro atoms. The maximum atomic E-state index is 2.58. The molecule has 0 radical (unpaired) electrons. The molecule has 0 aromatic heterocycles. The lowest BCUT2D eigenvalue weighted by Crippen LogP contribution is -2.30. The number of hydrogen-bond donors (Lipinski definition) is 0. The van der Waals surface area contributed by atoms with Crippen molar-refractivity contribution in [2.75, 3.05) is 11.4 Å². The lowest BCUT2D eigenvalue weighted by Gasteiger charge is -2.24. The second-order valence-corrected chi connectivity index (χ2v) is 6.36. The van der Waals surface area contributed by atoms with Crippen LogP contribution in [-0.4, -0.2) is 12.6 Å². The van der Waals surface area contributed by atoms with E-state index in [-0.39, 0.29) is 0 Å². The van der Waals surface area contributed by atoms with E-state index in [0.717, 1.165) is 18.4 Å². The van der Waals surface area contributed by atoms with Crippen LogP contribution in [-0.2, 0) is 6.42 Å². The van der Waals surface area contributed by atoms with Crippen molar-refractivity contribution in [1.82, 2.24) is 0 Å². The maximum absolute atomic E-state index is 2.58. The van der Waals surface area contributed by atoms with E-state index in [1.165, 1.54) is 12.1 Å². The van der Waals surface area contributed by atoms with Gasteiger partial charge in [0.15, 0.2) is 0 Å². The molecule has 4 atom stereocenters. The second-order valence-electron chi connectivity index (χ2n) is 6.36. The van der Waals surface area contributed by atoms with Gasteiger partial charge in [-0.15, -0.1) is 0 Å². The Kier molecular flexibility index (Phi) is 2.69. The monoisotopic (exact) mass is 243 g/mol. The molecule has 1 aromatic carbocycles. The first-order valence-electron chi connectivity index (χ1n) is 7.48. The van der Waals surface area contributed by atoms with Gasteiger partial charge in [-0.2, -0.15) is 0 Å². The molecule has 0 saturated heterocycles. The molecule has 0 saturated carbocycles. The largest absolute Gasteiger partial charge is 0.368 e. The quantitative estimate of drug-likeness (QED) is 0.710. The van der Waals surface area contributed by atoms with E-state index >= 15 is 0 Å². The Bertz CT molecular complexity index is 477. The number of anilines is 1. The Morgan fingerprint density at radius 3 is 2.44 bits per heavy atom. The summed E-state index contributed by atoms with van der Waals surface area (Å²) >= 11 is 0. The zero-order valence-corrected chi connectivity index (χ0v) is 12.3. The fourth-order valence-corrected chi connectivity index (χ4v) is 4.11. The lowest BCUT2D eigenvalue weighted by atomic mass is 9.87. The van der Waals surface area contributed by atoms with Crippen molar-refractivity contribution in [3.8, 4) is 0 Å². The molecular formula is C17H25N. The van der Waals surface area contributed by atoms with Gasteiger partial charge in [0.25, 0.3) is 0 Å². The highest BCUT2D eigenvalue weighted by Gasteiger charge is 2.38. The van der Waals surface area contributed by atoms with Crippen LogP contribution in [0.2, 0.25) is 0 Å². The highest BCUT2D eigenvalue weighted by Crippen LogP contribution is 2.50. The summed E-state index contributed by atoms with van der Waals surface area (Å²) in [6.45, 7) is 13.0. The molecule has 1 aliphatic heterocycles. The molecule has 0 unspecified atom stereocenters. The number of benzene rings is 1. The summed E-state index contributed by atoms with van der Waals surface area (Å²) in [5, 5.41) is 0. The standard InChI is InChI=1S/C17H25N/c1-6-18-13(5)12(4)17-15(18)8-7-14-9-10(2)11(3)16(14)17/h7-8,10-13H,6,9H2,1-5H3/t10-,11-,12+,13-/m0/s1. The van der Waals surface area contributed by atoms with E-state index in [1.54, 1.807) is 16.7 Å². The van der Waals surface area contributed by atoms with Crippen LogP contribution in [0.5, 0.6) is 0 Å². The highest BCUT2D eigenvalue weighted by atomic mass is 15.2. The van der Waals surface area contributed by atoms with Gasteiger partial charge < -0.3 is 4.90 Å². The van der Waals surface area contributed by atoms with E-state index < -0.39 is 0 Å². The molecule has 3 rings (SSSR count). The van der Waals surface area contributed by atoms with Gasteiger partial charge in [0.1, 0.15) is 0 Å². The molecular weight excluding hydrogens is 218 g/mol. The van der Waals surface area contributed by atoms with E-state index in [0.29, 0.717) is 12.0 Å². The Balaban J connectivity index is 2.19. The first-order valence-corrected chi connectivity index (χ1v) is 7.48. The SMILES string of the molecule is CCN1c2ccc3c(c2[C@H](C)[C@@H]1C)[C@@H](C)[C@@H](C)C3. The van der Waals surface area contributed by atoms with Crippen molar-refractivity contribution >= 4 is 5.69 Å². The average molecular weight is 243 g/mol. The third-order valence-corrected chi connectivity index (χ3v) is 5.53. The smallest absolute Gasteiger partial charge is 0.0407 e. The Morgan fingerprint density at radius 1 is 1.06 bits per heavy atom. The van der Waals surface area contributed by atoms with E-state index in [4.69, 9.17) is 0 Å². The Morgan fingerprint density at radius 2 is 1.78 bits per heavy atom. The van der Waals surface area contributed by atoms with Crippen molar-refractivity contribution in [1.29, 1.82) is 0 Å². The number of likely N-dealkylation sites (N-methyl/N-ethyl adjacent to an activating group) is 1. The summed E-state index contributed by atoms with van der Waals surface area (Å²) < 4.78 is 0. The highest BCUT2D eigenvalue weighted by molar-refractivity contribution is 5.67. The number of fused-ring (bicyclic) bond motifs is 3. The first kappa shape index (κ1) is 12.1. The number of nitrogens with zero attached hydrogens (tertiary/aromatic N) is 1. The van der Waals surface area contributed by atoms with Crippen molar-refractivity contribution in [3.63, 3.8) is 0 Å². The van der Waals surface area contributed by atoms with Gasteiger partial charge in [0, 0.05) is 24.2 Å². The molecule has 0 fully saturated rings. The number of rotatable bonds is 1. The molecule has 2 aliphatic rings. The third-order valence-electron chi connectivity index (χ3n) is 5.53. The van der Waals surface area contributed by atoms with Crippen molar-refractivity contribution < 1.29 is 0 Å². The molecule has 0 bridgehead atoms. The zero-order chi connectivity index (χ0) is 13.0. The molecule has 98 valence electrons. The van der Waals surface area contributed by atoms with Gasteiger partial charge in [-0.3, -0.25) is 0 Å². The maximum Gasteiger partial charge on any atom is 0.0407 e. The second kappa shape index (κ2) is 4.01. The van der Waals surface area contributed by atoms with Crippen LogP contribution in [0, 0.1) is 5.92 Å². The predicted octanol–water partition coefficient (Wildman–Crippen LogP) is 4.31. The minimum absolute atomic E-state index is 0.652. The van der Waals surface area contributed by atoms with Gasteiger partial charge in [-0.05, 0) is 54.9 Å². The number of hydrogen-bond acceptors (Lipinski definition) is 1. The third kappa shape index (κ3) is 1.39. The fraction of sp³-hybridized carbons (Fsp3) is 0.647. The molecule has 0 N–H and O–H groups in total. The van der Waals surface area contributed by atoms with Gasteiger partial charge in [0.2, 0.25) is 0 Å². The summed E-state index contributed by atoms with van der Waals surface area (Å²) in [6, 6.07) is 5.42. The minimum Gasteiger partial charge on any atom is -0.368 e. The van der Waals surface area contributed by atoms with Crippen molar-refractivity contribution in [2.24, 2.45) is 5.92 Å². The molecule has 18 heavy (non-hydrogen) atoms. The molecule has 1 heteroatoms. The van der Waals surface area contributed by atoms with E-state index in [2.05, 4.69) is 51.7 Å². The van der Waals surface area contributed by atoms with Crippen LogP contribution in [0.1, 0.15) is 63.1 Å². The Hall–Kier alpha value is -0.980. The van der Waals surface area contributed by atoms with Crippen molar-refractivity contribution in [3.05, 3.63) is 28.8 Å². The topological polar surface area (TPSA) is 3.24 Å². The molecule has 1 nitrogen and oxygen atoms in total. The van der Waals surface area contributed by atoms with Crippen LogP contribution in [0.4, 0.5) is 5.69 Å². The van der Waals surface area contributed by atoms with Crippen molar-refractivity contribution in [2.45, 2.75) is 58.9 Å². The predicted molar refractivity (Wildman–Crippen MR) is 78.6 cm³/mol. The molecule has 1 aromatic rings. The summed E-state index contributed by atoms with van der Waals surface area (Å²) in [7, 11) is 0. The van der Waals surface area contributed by atoms with Crippen LogP contribution >= 0.6 is 0 Å². The lowest BCUT2D eigenvalue weighted by molar-refractivity contribution is 0.526. The molecule has 1 aliphatic carbocycles. The normalized spacial score (nSPS) is 33.7. The fourth-order valence-electron chi connectivity index (χ4n) is 4.11. The minimum atomic E-state index is 0.652. The Labute approximate surface area is 111 Å². The summed E-state index contributed by atoms with van der Waals surface area (Å²) in [4.78, 5) is 2.58. The average Bonchev–Trinajstić information content (AvgIpc) is 2.77. The molecule has 0 amide bonds. The van der Waals surface area contributed by atoms with Crippen LogP contribution < -0.4 is 4.90 Å². The van der Waals surface area contributed by atoms with Crippen LogP contribution in [0.25, 0.3) is 0 Å². The van der Waals surface area contributed by atoms with Gasteiger partial charge in [0.05, 0.1) is 0 Å². The van der Waals surface area contributed by atoms with Crippen LogP contribution in [0.3, 0.4) is 0 Å². The summed E-state index contributed by atoms with van der Waals surface area (Å²) in [5.74, 6) is 2.23. The first-order chi connectivity index (χ1) is 8.56.